The third-order valence-electron chi connectivity index (χ3n) is 2.61. The van der Waals surface area contributed by atoms with Gasteiger partial charge >= 0.3 is 0 Å². The molecule has 0 amide bonds. The van der Waals surface area contributed by atoms with Crippen molar-refractivity contribution in [1.29, 1.82) is 0 Å². The van der Waals surface area contributed by atoms with Gasteiger partial charge in [-0.05, 0) is 17.7 Å². The van der Waals surface area contributed by atoms with Crippen LogP contribution in [0.25, 0.3) is 0 Å². The molecule has 0 saturated carbocycles. The second-order valence-electron chi connectivity index (χ2n) is 3.96. The van der Waals surface area contributed by atoms with Gasteiger partial charge in [-0.3, -0.25) is 0 Å². The van der Waals surface area contributed by atoms with E-state index in [-0.39, 0.29) is 5.69 Å². The third kappa shape index (κ3) is 3.19. The van der Waals surface area contributed by atoms with Crippen molar-refractivity contribution in [2.45, 2.75) is 6.54 Å². The van der Waals surface area contributed by atoms with Gasteiger partial charge in [0, 0.05) is 24.4 Å². The van der Waals surface area contributed by atoms with Crippen LogP contribution in [0.5, 0.6) is 5.75 Å². The molecule has 0 aliphatic carbocycles. The molecule has 100 valence electrons. The summed E-state index contributed by atoms with van der Waals surface area (Å²) in [5.41, 5.74) is 1.06. The van der Waals surface area contributed by atoms with Crippen LogP contribution in [0.1, 0.15) is 5.56 Å². The average Bonchev–Trinajstić information content (AvgIpc) is 2.42. The van der Waals surface area contributed by atoms with Gasteiger partial charge in [0.05, 0.1) is 7.11 Å². The number of nitrogens with one attached hydrogen (secondary N) is 1. The number of benzene rings is 2. The fourth-order valence-electron chi connectivity index (χ4n) is 1.64. The topological polar surface area (TPSA) is 21.3 Å². The SMILES string of the molecule is COc1cccc(CNc2cc(F)c(F)c(F)c2)c1. The van der Waals surface area contributed by atoms with Crippen molar-refractivity contribution in [2.75, 3.05) is 12.4 Å². The van der Waals surface area contributed by atoms with Crippen molar-refractivity contribution in [2.24, 2.45) is 0 Å². The second kappa shape index (κ2) is 5.65. The number of hydrogen-bond donors (Lipinski definition) is 1. The van der Waals surface area contributed by atoms with E-state index in [0.717, 1.165) is 17.7 Å². The molecule has 0 saturated heterocycles. The quantitative estimate of drug-likeness (QED) is 0.852. The van der Waals surface area contributed by atoms with Gasteiger partial charge in [0.15, 0.2) is 17.5 Å². The van der Waals surface area contributed by atoms with Crippen LogP contribution in [-0.2, 0) is 6.54 Å². The highest BCUT2D eigenvalue weighted by atomic mass is 19.2. The summed E-state index contributed by atoms with van der Waals surface area (Å²) >= 11 is 0. The van der Waals surface area contributed by atoms with E-state index in [9.17, 15) is 13.2 Å². The lowest BCUT2D eigenvalue weighted by Gasteiger charge is -2.08. The highest BCUT2D eigenvalue weighted by Gasteiger charge is 2.10. The maximum atomic E-state index is 13.0. The highest BCUT2D eigenvalue weighted by molar-refractivity contribution is 5.45. The van der Waals surface area contributed by atoms with Crippen LogP contribution in [0.15, 0.2) is 36.4 Å². The molecular weight excluding hydrogens is 255 g/mol. The van der Waals surface area contributed by atoms with Crippen molar-refractivity contribution in [3.63, 3.8) is 0 Å². The zero-order chi connectivity index (χ0) is 13.8. The van der Waals surface area contributed by atoms with Crippen LogP contribution in [-0.4, -0.2) is 7.11 Å². The Labute approximate surface area is 108 Å². The first-order chi connectivity index (χ1) is 9.10. The lowest BCUT2D eigenvalue weighted by molar-refractivity contribution is 0.414. The number of anilines is 1. The highest BCUT2D eigenvalue weighted by Crippen LogP contribution is 2.19. The number of hydrogen-bond acceptors (Lipinski definition) is 2. The Morgan fingerprint density at radius 3 is 2.37 bits per heavy atom. The molecule has 0 aromatic heterocycles. The number of rotatable bonds is 4. The molecule has 2 aromatic rings. The monoisotopic (exact) mass is 267 g/mol. The molecular formula is C14H12F3NO. The minimum absolute atomic E-state index is 0.180. The smallest absolute Gasteiger partial charge is 0.194 e. The molecule has 0 unspecified atom stereocenters. The largest absolute Gasteiger partial charge is 0.497 e. The summed E-state index contributed by atoms with van der Waals surface area (Å²) in [6, 6.07) is 9.06. The van der Waals surface area contributed by atoms with E-state index < -0.39 is 17.5 Å². The lowest BCUT2D eigenvalue weighted by Crippen LogP contribution is -2.02. The van der Waals surface area contributed by atoms with Crippen molar-refractivity contribution in [1.82, 2.24) is 0 Å². The summed E-state index contributed by atoms with van der Waals surface area (Å²) in [5, 5.41) is 2.82. The number of methoxy groups -OCH3 is 1. The summed E-state index contributed by atoms with van der Waals surface area (Å²) < 4.78 is 43.9. The Morgan fingerprint density at radius 2 is 1.74 bits per heavy atom. The molecule has 19 heavy (non-hydrogen) atoms. The first-order valence-electron chi connectivity index (χ1n) is 5.61. The molecule has 2 nitrogen and oxygen atoms in total. The summed E-state index contributed by atoms with van der Waals surface area (Å²) in [4.78, 5) is 0. The maximum absolute atomic E-state index is 13.0. The van der Waals surface area contributed by atoms with E-state index >= 15 is 0 Å². The lowest BCUT2D eigenvalue weighted by atomic mass is 10.2. The van der Waals surface area contributed by atoms with Crippen LogP contribution in [0.2, 0.25) is 0 Å². The molecule has 2 rings (SSSR count). The zero-order valence-corrected chi connectivity index (χ0v) is 10.2. The normalized spacial score (nSPS) is 10.3. The molecule has 1 N–H and O–H groups in total. The van der Waals surface area contributed by atoms with E-state index in [2.05, 4.69) is 5.32 Å². The molecule has 0 aliphatic rings. The van der Waals surface area contributed by atoms with Crippen LogP contribution in [0.3, 0.4) is 0 Å². The van der Waals surface area contributed by atoms with Crippen molar-refractivity contribution >= 4 is 5.69 Å². The van der Waals surface area contributed by atoms with Crippen LogP contribution in [0, 0.1) is 17.5 Å². The first kappa shape index (κ1) is 13.3. The summed E-state index contributed by atoms with van der Waals surface area (Å²) in [5.74, 6) is -3.20. The van der Waals surface area contributed by atoms with Crippen molar-refractivity contribution in [3.05, 3.63) is 59.4 Å². The van der Waals surface area contributed by atoms with Gasteiger partial charge in [-0.1, -0.05) is 12.1 Å². The van der Waals surface area contributed by atoms with Crippen LogP contribution < -0.4 is 10.1 Å². The molecule has 0 radical (unpaired) electrons. The van der Waals surface area contributed by atoms with Gasteiger partial charge in [0.2, 0.25) is 0 Å². The Morgan fingerprint density at radius 1 is 1.05 bits per heavy atom. The van der Waals surface area contributed by atoms with Crippen LogP contribution in [0.4, 0.5) is 18.9 Å². The Balaban J connectivity index is 2.10. The van der Waals surface area contributed by atoms with Crippen molar-refractivity contribution < 1.29 is 17.9 Å². The molecule has 0 bridgehead atoms. The maximum Gasteiger partial charge on any atom is 0.194 e. The van der Waals surface area contributed by atoms with Gasteiger partial charge in [-0.15, -0.1) is 0 Å². The Hall–Kier alpha value is -2.17. The van der Waals surface area contributed by atoms with Gasteiger partial charge in [0.1, 0.15) is 5.75 Å². The van der Waals surface area contributed by atoms with Crippen molar-refractivity contribution in [3.8, 4) is 5.75 Å². The van der Waals surface area contributed by atoms with E-state index in [0.29, 0.717) is 12.3 Å². The number of halogens is 3. The molecule has 0 aliphatic heterocycles. The Kier molecular flexibility index (Phi) is 3.94. The summed E-state index contributed by atoms with van der Waals surface area (Å²) in [6.45, 7) is 0.349. The van der Waals surface area contributed by atoms with Gasteiger partial charge < -0.3 is 10.1 Å². The minimum atomic E-state index is -1.47. The standard InChI is InChI=1S/C14H12F3NO/c1-19-11-4-2-3-9(5-11)8-18-10-6-12(15)14(17)13(16)7-10/h2-7,18H,8H2,1H3. The fourth-order valence-corrected chi connectivity index (χ4v) is 1.64. The molecule has 0 atom stereocenters. The molecule has 0 fully saturated rings. The average molecular weight is 267 g/mol. The fraction of sp³-hybridized carbons (Fsp3) is 0.143. The summed E-state index contributed by atoms with van der Waals surface area (Å²) in [7, 11) is 1.55. The zero-order valence-electron chi connectivity index (χ0n) is 10.2. The molecule has 2 aromatic carbocycles. The van der Waals surface area contributed by atoms with E-state index in [4.69, 9.17) is 4.74 Å². The minimum Gasteiger partial charge on any atom is -0.497 e. The second-order valence-corrected chi connectivity index (χ2v) is 3.96. The predicted molar refractivity (Wildman–Crippen MR) is 66.6 cm³/mol. The third-order valence-corrected chi connectivity index (χ3v) is 2.61. The van der Waals surface area contributed by atoms with Crippen LogP contribution >= 0.6 is 0 Å². The van der Waals surface area contributed by atoms with E-state index in [1.165, 1.54) is 0 Å². The van der Waals surface area contributed by atoms with E-state index in [1.54, 1.807) is 19.2 Å². The van der Waals surface area contributed by atoms with Gasteiger partial charge in [-0.2, -0.15) is 0 Å². The molecule has 5 heteroatoms. The predicted octanol–water partition coefficient (Wildman–Crippen LogP) is 3.72. The molecule has 0 heterocycles. The number of ether oxygens (including phenoxy) is 1. The first-order valence-corrected chi connectivity index (χ1v) is 5.61. The summed E-state index contributed by atoms with van der Waals surface area (Å²) in [6.07, 6.45) is 0. The van der Waals surface area contributed by atoms with Gasteiger partial charge in [-0.25, -0.2) is 13.2 Å². The molecule has 0 spiro atoms. The van der Waals surface area contributed by atoms with Gasteiger partial charge in [0.25, 0.3) is 0 Å². The Bertz CT molecular complexity index is 564. The van der Waals surface area contributed by atoms with E-state index in [1.807, 2.05) is 12.1 Å².